The van der Waals surface area contributed by atoms with Crippen LogP contribution in [0.4, 0.5) is 0 Å². The number of aliphatic hydroxyl groups excluding tert-OH is 1. The molecule has 0 atom stereocenters. The summed E-state index contributed by atoms with van der Waals surface area (Å²) in [5, 5.41) is 19.1. The Morgan fingerprint density at radius 1 is 1.55 bits per heavy atom. The molecule has 1 rings (SSSR count). The molecular formula is C6H12N2O3. The second-order valence-corrected chi connectivity index (χ2v) is 2.82. The summed E-state index contributed by atoms with van der Waals surface area (Å²) < 4.78 is 0. The lowest BCUT2D eigenvalue weighted by Crippen LogP contribution is -2.38. The first kappa shape index (κ1) is 8.42. The second-order valence-electron chi connectivity index (χ2n) is 2.82. The number of nitro groups is 1. The Bertz CT molecular complexity index is 143. The summed E-state index contributed by atoms with van der Waals surface area (Å²) in [6.07, 6.45) is 1.07. The van der Waals surface area contributed by atoms with Gasteiger partial charge in [-0.1, -0.05) is 0 Å². The smallest absolute Gasteiger partial charge is 0.259 e. The van der Waals surface area contributed by atoms with Gasteiger partial charge < -0.3 is 5.11 Å². The summed E-state index contributed by atoms with van der Waals surface area (Å²) in [6.45, 7) is 1.19. The summed E-state index contributed by atoms with van der Waals surface area (Å²) in [5.74, 6) is 0. The maximum atomic E-state index is 10.1. The molecule has 0 aromatic carbocycles. The molecule has 1 heterocycles. The minimum atomic E-state index is -0.336. The van der Waals surface area contributed by atoms with Crippen molar-refractivity contribution < 1.29 is 10.0 Å². The fourth-order valence-corrected chi connectivity index (χ4v) is 1.22. The Balaban J connectivity index is 2.22. The summed E-state index contributed by atoms with van der Waals surface area (Å²) >= 11 is 0. The van der Waals surface area contributed by atoms with Gasteiger partial charge in [0.2, 0.25) is 0 Å². The molecular weight excluding hydrogens is 148 g/mol. The van der Waals surface area contributed by atoms with E-state index in [4.69, 9.17) is 5.11 Å². The standard InChI is InChI=1S/C6H12N2O3/c9-6-1-3-7(4-2-6)5-8(10)11/h6,9H,1-5H2. The van der Waals surface area contributed by atoms with Gasteiger partial charge in [0.15, 0.2) is 0 Å². The molecule has 5 nitrogen and oxygen atoms in total. The van der Waals surface area contributed by atoms with Crippen LogP contribution in [0, 0.1) is 10.1 Å². The topological polar surface area (TPSA) is 66.6 Å². The predicted octanol–water partition coefficient (Wildman–Crippen LogP) is -0.323. The van der Waals surface area contributed by atoms with E-state index in [1.807, 2.05) is 0 Å². The summed E-state index contributed by atoms with van der Waals surface area (Å²) in [5.41, 5.74) is 0. The van der Waals surface area contributed by atoms with Crippen molar-refractivity contribution in [3.8, 4) is 0 Å². The molecule has 0 unspecified atom stereocenters. The van der Waals surface area contributed by atoms with E-state index in [0.717, 1.165) is 0 Å². The molecule has 0 aliphatic carbocycles. The van der Waals surface area contributed by atoms with Crippen LogP contribution in [-0.2, 0) is 0 Å². The second kappa shape index (κ2) is 3.64. The third-order valence-corrected chi connectivity index (χ3v) is 1.87. The summed E-state index contributed by atoms with van der Waals surface area (Å²) in [4.78, 5) is 11.5. The molecule has 0 bridgehead atoms. The first-order chi connectivity index (χ1) is 5.18. The molecule has 1 aliphatic rings. The Morgan fingerprint density at radius 2 is 2.09 bits per heavy atom. The van der Waals surface area contributed by atoms with Crippen LogP contribution < -0.4 is 0 Å². The van der Waals surface area contributed by atoms with Crippen molar-refractivity contribution in [2.75, 3.05) is 19.8 Å². The van der Waals surface area contributed by atoms with Crippen molar-refractivity contribution in [3.05, 3.63) is 10.1 Å². The maximum absolute atomic E-state index is 10.1. The third-order valence-electron chi connectivity index (χ3n) is 1.87. The zero-order valence-corrected chi connectivity index (χ0v) is 6.27. The van der Waals surface area contributed by atoms with Crippen molar-refractivity contribution >= 4 is 0 Å². The average molecular weight is 160 g/mol. The SMILES string of the molecule is O=[N+]([O-])CN1CCC(O)CC1. The van der Waals surface area contributed by atoms with E-state index in [1.165, 1.54) is 0 Å². The minimum Gasteiger partial charge on any atom is -0.393 e. The van der Waals surface area contributed by atoms with Crippen molar-refractivity contribution in [1.29, 1.82) is 0 Å². The van der Waals surface area contributed by atoms with Gasteiger partial charge >= 0.3 is 0 Å². The van der Waals surface area contributed by atoms with Gasteiger partial charge in [0, 0.05) is 18.0 Å². The van der Waals surface area contributed by atoms with Crippen molar-refractivity contribution in [2.24, 2.45) is 0 Å². The van der Waals surface area contributed by atoms with Crippen LogP contribution in [-0.4, -0.2) is 40.8 Å². The highest BCUT2D eigenvalue weighted by molar-refractivity contribution is 4.68. The molecule has 0 aromatic rings. The van der Waals surface area contributed by atoms with Gasteiger partial charge in [0.05, 0.1) is 6.10 Å². The van der Waals surface area contributed by atoms with Crippen molar-refractivity contribution in [2.45, 2.75) is 18.9 Å². The van der Waals surface area contributed by atoms with Crippen LogP contribution >= 0.6 is 0 Å². The monoisotopic (exact) mass is 160 g/mol. The lowest BCUT2D eigenvalue weighted by molar-refractivity contribution is -0.505. The number of piperidine rings is 1. The minimum absolute atomic E-state index is 0.0906. The zero-order valence-electron chi connectivity index (χ0n) is 6.27. The third kappa shape index (κ3) is 2.81. The lowest BCUT2D eigenvalue weighted by atomic mass is 10.1. The van der Waals surface area contributed by atoms with Gasteiger partial charge in [-0.15, -0.1) is 0 Å². The first-order valence-corrected chi connectivity index (χ1v) is 3.70. The van der Waals surface area contributed by atoms with Crippen LogP contribution in [0.1, 0.15) is 12.8 Å². The molecule has 0 radical (unpaired) electrons. The molecule has 1 N–H and O–H groups in total. The van der Waals surface area contributed by atoms with E-state index < -0.39 is 0 Å². The van der Waals surface area contributed by atoms with E-state index >= 15 is 0 Å². The Hall–Kier alpha value is -0.680. The molecule has 1 fully saturated rings. The molecule has 11 heavy (non-hydrogen) atoms. The zero-order chi connectivity index (χ0) is 8.27. The largest absolute Gasteiger partial charge is 0.393 e. The number of hydrogen-bond acceptors (Lipinski definition) is 4. The number of likely N-dealkylation sites (tertiary alicyclic amines) is 1. The molecule has 0 amide bonds. The Labute approximate surface area is 64.8 Å². The molecule has 0 saturated carbocycles. The highest BCUT2D eigenvalue weighted by Crippen LogP contribution is 2.08. The number of rotatable bonds is 2. The predicted molar refractivity (Wildman–Crippen MR) is 38.7 cm³/mol. The van der Waals surface area contributed by atoms with Crippen molar-refractivity contribution in [3.63, 3.8) is 0 Å². The highest BCUT2D eigenvalue weighted by Gasteiger charge is 2.19. The van der Waals surface area contributed by atoms with E-state index in [0.29, 0.717) is 25.9 Å². The van der Waals surface area contributed by atoms with E-state index in [-0.39, 0.29) is 17.7 Å². The number of hydrogen-bond donors (Lipinski definition) is 1. The molecule has 1 aliphatic heterocycles. The molecule has 64 valence electrons. The van der Waals surface area contributed by atoms with Crippen LogP contribution in [0.25, 0.3) is 0 Å². The molecule has 0 aromatic heterocycles. The van der Waals surface area contributed by atoms with Gasteiger partial charge in [-0.2, -0.15) is 0 Å². The highest BCUT2D eigenvalue weighted by atomic mass is 16.6. The van der Waals surface area contributed by atoms with Crippen LogP contribution in [0.15, 0.2) is 0 Å². The lowest BCUT2D eigenvalue weighted by Gasteiger charge is -2.25. The van der Waals surface area contributed by atoms with Gasteiger partial charge in [-0.3, -0.25) is 10.1 Å². The van der Waals surface area contributed by atoms with Gasteiger partial charge in [0.25, 0.3) is 6.67 Å². The van der Waals surface area contributed by atoms with Crippen molar-refractivity contribution in [1.82, 2.24) is 4.90 Å². The first-order valence-electron chi connectivity index (χ1n) is 3.70. The van der Waals surface area contributed by atoms with E-state index in [2.05, 4.69) is 0 Å². The molecule has 5 heteroatoms. The van der Waals surface area contributed by atoms with Gasteiger partial charge in [0.1, 0.15) is 0 Å². The molecule has 1 saturated heterocycles. The quantitative estimate of drug-likeness (QED) is 0.444. The summed E-state index contributed by atoms with van der Waals surface area (Å²) in [6, 6.07) is 0. The van der Waals surface area contributed by atoms with E-state index in [1.54, 1.807) is 4.90 Å². The Morgan fingerprint density at radius 3 is 2.55 bits per heavy atom. The van der Waals surface area contributed by atoms with E-state index in [9.17, 15) is 10.1 Å². The Kier molecular flexibility index (Phi) is 2.78. The van der Waals surface area contributed by atoms with Crippen LogP contribution in [0.5, 0.6) is 0 Å². The summed E-state index contributed by atoms with van der Waals surface area (Å²) in [7, 11) is 0. The van der Waals surface area contributed by atoms with Crippen LogP contribution in [0.2, 0.25) is 0 Å². The normalized spacial score (nSPS) is 21.9. The van der Waals surface area contributed by atoms with Gasteiger partial charge in [-0.25, -0.2) is 4.90 Å². The maximum Gasteiger partial charge on any atom is 0.259 e. The fourth-order valence-electron chi connectivity index (χ4n) is 1.22. The average Bonchev–Trinajstić information content (AvgIpc) is 1.93. The molecule has 0 spiro atoms. The van der Waals surface area contributed by atoms with Crippen LogP contribution in [0.3, 0.4) is 0 Å². The van der Waals surface area contributed by atoms with Gasteiger partial charge in [-0.05, 0) is 12.8 Å². The fraction of sp³-hybridized carbons (Fsp3) is 1.00. The number of nitrogens with zero attached hydrogens (tertiary/aromatic N) is 2. The number of aliphatic hydroxyl groups is 1.